The van der Waals surface area contributed by atoms with Crippen LogP contribution in [0.4, 0.5) is 0 Å². The second-order valence-corrected chi connectivity index (χ2v) is 3.56. The fraction of sp³-hybridized carbons (Fsp3) is 0.154. The van der Waals surface area contributed by atoms with E-state index >= 15 is 0 Å². The first kappa shape index (κ1) is 11.9. The van der Waals surface area contributed by atoms with E-state index in [2.05, 4.69) is 0 Å². The Morgan fingerprint density at radius 1 is 1.50 bits per heavy atom. The molecule has 2 aromatic rings. The Hall–Kier alpha value is -2.61. The summed E-state index contributed by atoms with van der Waals surface area (Å²) in [7, 11) is 0. The van der Waals surface area contributed by atoms with Gasteiger partial charge in [0, 0.05) is 6.20 Å². The van der Waals surface area contributed by atoms with E-state index in [9.17, 15) is 9.59 Å². The van der Waals surface area contributed by atoms with E-state index in [-0.39, 0.29) is 17.7 Å². The monoisotopic (exact) mass is 242 g/mol. The number of esters is 1. The Morgan fingerprint density at radius 3 is 2.94 bits per heavy atom. The molecular weight excluding hydrogens is 232 g/mol. The lowest BCUT2D eigenvalue weighted by Gasteiger charge is -2.06. The van der Waals surface area contributed by atoms with Crippen molar-refractivity contribution in [3.05, 3.63) is 51.9 Å². The maximum absolute atomic E-state index is 12.1. The van der Waals surface area contributed by atoms with E-state index in [1.54, 1.807) is 25.1 Å². The van der Waals surface area contributed by atoms with Crippen LogP contribution in [0, 0.1) is 11.3 Å². The van der Waals surface area contributed by atoms with Gasteiger partial charge in [-0.3, -0.25) is 9.20 Å². The van der Waals surface area contributed by atoms with Gasteiger partial charge in [-0.1, -0.05) is 6.07 Å². The minimum atomic E-state index is -0.711. The van der Waals surface area contributed by atoms with Crippen LogP contribution in [0.25, 0.3) is 5.52 Å². The number of rotatable bonds is 2. The maximum Gasteiger partial charge on any atom is 0.343 e. The summed E-state index contributed by atoms with van der Waals surface area (Å²) in [5.74, 6) is -0.711. The number of ether oxygens (including phenoxy) is 1. The average molecular weight is 242 g/mol. The van der Waals surface area contributed by atoms with Crippen molar-refractivity contribution in [1.29, 1.82) is 5.26 Å². The van der Waals surface area contributed by atoms with Gasteiger partial charge >= 0.3 is 5.97 Å². The van der Waals surface area contributed by atoms with E-state index < -0.39 is 11.5 Å². The molecule has 0 saturated carbocycles. The molecule has 90 valence electrons. The highest BCUT2D eigenvalue weighted by Gasteiger charge is 2.16. The number of hydrogen-bond donors (Lipinski definition) is 0. The molecular formula is C13H10N2O3. The second-order valence-electron chi connectivity index (χ2n) is 3.56. The molecule has 0 aliphatic rings. The van der Waals surface area contributed by atoms with Crippen molar-refractivity contribution in [2.45, 2.75) is 6.92 Å². The van der Waals surface area contributed by atoms with Gasteiger partial charge in [-0.15, -0.1) is 0 Å². The smallest absolute Gasteiger partial charge is 0.343 e. The summed E-state index contributed by atoms with van der Waals surface area (Å²) in [4.78, 5) is 23.7. The molecule has 0 fully saturated rings. The quantitative estimate of drug-likeness (QED) is 0.745. The topological polar surface area (TPSA) is 71.6 Å². The molecule has 0 bridgehead atoms. The Morgan fingerprint density at radius 2 is 2.28 bits per heavy atom. The highest BCUT2D eigenvalue weighted by molar-refractivity contribution is 5.90. The molecule has 18 heavy (non-hydrogen) atoms. The first-order valence-electron chi connectivity index (χ1n) is 5.40. The molecule has 2 rings (SSSR count). The van der Waals surface area contributed by atoms with Gasteiger partial charge in [0.25, 0.3) is 5.56 Å². The second kappa shape index (κ2) is 4.72. The van der Waals surface area contributed by atoms with E-state index in [4.69, 9.17) is 10.00 Å². The molecule has 5 heteroatoms. The lowest BCUT2D eigenvalue weighted by atomic mass is 10.1. The van der Waals surface area contributed by atoms with Gasteiger partial charge < -0.3 is 4.74 Å². The normalized spacial score (nSPS) is 10.0. The molecule has 2 aromatic heterocycles. The van der Waals surface area contributed by atoms with Crippen LogP contribution in [0.1, 0.15) is 22.8 Å². The van der Waals surface area contributed by atoms with Crippen molar-refractivity contribution in [2.75, 3.05) is 6.61 Å². The van der Waals surface area contributed by atoms with Gasteiger partial charge in [-0.25, -0.2) is 4.79 Å². The lowest BCUT2D eigenvalue weighted by molar-refractivity contribution is 0.0524. The number of nitriles is 1. The molecule has 0 amide bonds. The first-order chi connectivity index (χ1) is 8.69. The predicted octanol–water partition coefficient (Wildman–Crippen LogP) is 1.35. The van der Waals surface area contributed by atoms with Crippen LogP contribution in [0.15, 0.2) is 35.3 Å². The van der Waals surface area contributed by atoms with Gasteiger partial charge in [0.2, 0.25) is 0 Å². The molecule has 0 aliphatic carbocycles. The fourth-order valence-electron chi connectivity index (χ4n) is 1.69. The number of hydrogen-bond acceptors (Lipinski definition) is 4. The molecule has 0 aromatic carbocycles. The SMILES string of the molecule is CCOC(=O)c1cc(C#N)c2ccccn2c1=O. The standard InChI is InChI=1S/C13H10N2O3/c1-2-18-13(17)10-7-9(8-14)11-5-3-4-6-15(11)12(10)16/h3-7H,2H2,1H3. The number of carbonyl (C=O) groups excluding carboxylic acids is 1. The fourth-order valence-corrected chi connectivity index (χ4v) is 1.69. The summed E-state index contributed by atoms with van der Waals surface area (Å²) in [6.07, 6.45) is 1.52. The van der Waals surface area contributed by atoms with Crippen molar-refractivity contribution < 1.29 is 9.53 Å². The van der Waals surface area contributed by atoms with Crippen LogP contribution in [0.2, 0.25) is 0 Å². The van der Waals surface area contributed by atoms with Gasteiger partial charge in [0.05, 0.1) is 17.7 Å². The molecule has 0 radical (unpaired) electrons. The third kappa shape index (κ3) is 1.84. The number of pyridine rings is 2. The van der Waals surface area contributed by atoms with Crippen LogP contribution in [0.3, 0.4) is 0 Å². The van der Waals surface area contributed by atoms with Crippen LogP contribution >= 0.6 is 0 Å². The molecule has 0 atom stereocenters. The van der Waals surface area contributed by atoms with Crippen molar-refractivity contribution in [1.82, 2.24) is 4.40 Å². The largest absolute Gasteiger partial charge is 0.462 e. The molecule has 0 N–H and O–H groups in total. The van der Waals surface area contributed by atoms with Crippen molar-refractivity contribution in [2.24, 2.45) is 0 Å². The van der Waals surface area contributed by atoms with Crippen molar-refractivity contribution >= 4 is 11.5 Å². The zero-order valence-electron chi connectivity index (χ0n) is 9.71. The Balaban J connectivity index is 2.78. The van der Waals surface area contributed by atoms with Crippen LogP contribution < -0.4 is 5.56 Å². The summed E-state index contributed by atoms with van der Waals surface area (Å²) in [6, 6.07) is 8.27. The average Bonchev–Trinajstić information content (AvgIpc) is 2.40. The number of nitrogens with zero attached hydrogens (tertiary/aromatic N) is 2. The first-order valence-corrected chi connectivity index (χ1v) is 5.40. The summed E-state index contributed by atoms with van der Waals surface area (Å²) in [5.41, 5.74) is 0.122. The van der Waals surface area contributed by atoms with E-state index in [1.165, 1.54) is 16.7 Å². The molecule has 5 nitrogen and oxygen atoms in total. The van der Waals surface area contributed by atoms with Gasteiger partial charge in [-0.2, -0.15) is 5.26 Å². The number of carbonyl (C=O) groups is 1. The molecule has 2 heterocycles. The zero-order chi connectivity index (χ0) is 13.1. The van der Waals surface area contributed by atoms with E-state index in [0.29, 0.717) is 5.52 Å². The number of fused-ring (bicyclic) bond motifs is 1. The summed E-state index contributed by atoms with van der Waals surface area (Å²) in [5, 5.41) is 9.05. The third-order valence-corrected chi connectivity index (χ3v) is 2.49. The summed E-state index contributed by atoms with van der Waals surface area (Å²) < 4.78 is 6.06. The van der Waals surface area contributed by atoms with Crippen LogP contribution in [-0.4, -0.2) is 17.0 Å². The van der Waals surface area contributed by atoms with Crippen LogP contribution in [0.5, 0.6) is 0 Å². The molecule has 0 unspecified atom stereocenters. The third-order valence-electron chi connectivity index (χ3n) is 2.49. The number of aromatic nitrogens is 1. The highest BCUT2D eigenvalue weighted by Crippen LogP contribution is 2.10. The Bertz CT molecular complexity index is 710. The minimum absolute atomic E-state index is 0.128. The Kier molecular flexibility index (Phi) is 3.11. The molecule has 0 saturated heterocycles. The van der Waals surface area contributed by atoms with Gasteiger partial charge in [-0.05, 0) is 25.1 Å². The maximum atomic E-state index is 12.1. The van der Waals surface area contributed by atoms with Crippen LogP contribution in [-0.2, 0) is 4.74 Å². The summed E-state index contributed by atoms with van der Waals surface area (Å²) >= 11 is 0. The van der Waals surface area contributed by atoms with Gasteiger partial charge in [0.15, 0.2) is 0 Å². The van der Waals surface area contributed by atoms with Gasteiger partial charge in [0.1, 0.15) is 11.6 Å². The van der Waals surface area contributed by atoms with E-state index in [1.807, 2.05) is 6.07 Å². The highest BCUT2D eigenvalue weighted by atomic mass is 16.5. The van der Waals surface area contributed by atoms with Crippen molar-refractivity contribution in [3.8, 4) is 6.07 Å². The van der Waals surface area contributed by atoms with Crippen molar-refractivity contribution in [3.63, 3.8) is 0 Å². The predicted molar refractivity (Wildman–Crippen MR) is 64.3 cm³/mol. The summed E-state index contributed by atoms with van der Waals surface area (Å²) in [6.45, 7) is 1.83. The minimum Gasteiger partial charge on any atom is -0.462 e. The molecule has 0 aliphatic heterocycles. The molecule has 0 spiro atoms. The lowest BCUT2D eigenvalue weighted by Crippen LogP contribution is -2.24. The zero-order valence-corrected chi connectivity index (χ0v) is 9.71. The van der Waals surface area contributed by atoms with E-state index in [0.717, 1.165) is 0 Å². The Labute approximate surface area is 103 Å².